The molecule has 140 valence electrons. The van der Waals surface area contributed by atoms with Crippen LogP contribution >= 0.6 is 0 Å². The minimum absolute atomic E-state index is 0.0392. The maximum Gasteiger partial charge on any atom is 0.332 e. The Morgan fingerprint density at radius 3 is 2.48 bits per heavy atom. The molecule has 0 aliphatic heterocycles. The lowest BCUT2D eigenvalue weighted by molar-refractivity contribution is 0.0933. The van der Waals surface area contributed by atoms with Gasteiger partial charge in [0.15, 0.2) is 0 Å². The Morgan fingerprint density at radius 2 is 1.78 bits per heavy atom. The third-order valence-electron chi connectivity index (χ3n) is 4.62. The minimum atomic E-state index is -0.478. The summed E-state index contributed by atoms with van der Waals surface area (Å²) >= 11 is 0. The number of nitrogens with one attached hydrogen (secondary N) is 1. The minimum Gasteiger partial charge on any atom is -0.348 e. The molecule has 0 unspecified atom stereocenters. The molecule has 0 aliphatic rings. The topological polar surface area (TPSA) is 86.0 Å². The summed E-state index contributed by atoms with van der Waals surface area (Å²) in [6.45, 7) is 1.94. The molecule has 1 aromatic carbocycles. The highest BCUT2D eigenvalue weighted by Crippen LogP contribution is 2.08. The van der Waals surface area contributed by atoms with Gasteiger partial charge in [0.1, 0.15) is 11.3 Å². The number of hydrogen-bond donors (Lipinski definition) is 1. The summed E-state index contributed by atoms with van der Waals surface area (Å²) < 4.78 is 2.29. The second kappa shape index (κ2) is 7.57. The molecule has 7 heteroatoms. The van der Waals surface area contributed by atoms with Crippen molar-refractivity contribution in [1.29, 1.82) is 0 Å². The predicted molar refractivity (Wildman–Crippen MR) is 104 cm³/mol. The molecule has 1 atom stereocenters. The molecule has 2 heterocycles. The van der Waals surface area contributed by atoms with Crippen LogP contribution in [0.3, 0.4) is 0 Å². The molecule has 0 spiro atoms. The normalized spacial score (nSPS) is 12.1. The second-order valence-electron chi connectivity index (χ2n) is 6.67. The number of aromatic nitrogens is 3. The highest BCUT2D eigenvalue weighted by Gasteiger charge is 2.15. The van der Waals surface area contributed by atoms with E-state index in [9.17, 15) is 14.4 Å². The van der Waals surface area contributed by atoms with Gasteiger partial charge in [0, 0.05) is 20.1 Å². The fourth-order valence-electron chi connectivity index (χ4n) is 2.98. The summed E-state index contributed by atoms with van der Waals surface area (Å²) in [5, 5.41) is 3.22. The molecule has 0 radical (unpaired) electrons. The lowest BCUT2D eigenvalue weighted by Crippen LogP contribution is -2.38. The van der Waals surface area contributed by atoms with Crippen LogP contribution in [0.1, 0.15) is 29.4 Å². The molecule has 3 rings (SSSR count). The zero-order valence-corrected chi connectivity index (χ0v) is 15.6. The monoisotopic (exact) mass is 366 g/mol. The zero-order valence-electron chi connectivity index (χ0n) is 15.6. The van der Waals surface area contributed by atoms with Crippen molar-refractivity contribution in [3.05, 3.63) is 74.6 Å². The van der Waals surface area contributed by atoms with E-state index in [1.165, 1.54) is 36.4 Å². The third kappa shape index (κ3) is 3.81. The molecular weight excluding hydrogens is 344 g/mol. The number of carbonyl (C=O) groups is 1. The Bertz CT molecular complexity index is 1100. The molecule has 0 bridgehead atoms. The van der Waals surface area contributed by atoms with Crippen molar-refractivity contribution in [2.75, 3.05) is 0 Å². The van der Waals surface area contributed by atoms with Gasteiger partial charge in [-0.25, -0.2) is 9.78 Å². The van der Waals surface area contributed by atoms with Gasteiger partial charge in [0.2, 0.25) is 0 Å². The van der Waals surface area contributed by atoms with Crippen molar-refractivity contribution in [3.8, 4) is 0 Å². The molecular formula is C20H22N4O3. The van der Waals surface area contributed by atoms with Gasteiger partial charge in [-0.1, -0.05) is 30.3 Å². The quantitative estimate of drug-likeness (QED) is 0.739. The average Bonchev–Trinajstić information content (AvgIpc) is 2.69. The molecule has 2 aromatic heterocycles. The van der Waals surface area contributed by atoms with Crippen molar-refractivity contribution >= 4 is 16.9 Å². The molecule has 0 fully saturated rings. The number of hydrogen-bond acceptors (Lipinski definition) is 4. The van der Waals surface area contributed by atoms with Gasteiger partial charge in [-0.3, -0.25) is 18.7 Å². The summed E-state index contributed by atoms with van der Waals surface area (Å²) in [6.07, 6.45) is 1.65. The SMILES string of the molecule is C[C@@H](CCc1ccccc1)NC(=O)c1ccc2c(=O)n(C)c(=O)n(C)c2n1. The van der Waals surface area contributed by atoms with Crippen molar-refractivity contribution in [2.24, 2.45) is 14.1 Å². The maximum atomic E-state index is 12.5. The van der Waals surface area contributed by atoms with Gasteiger partial charge in [0.25, 0.3) is 11.5 Å². The van der Waals surface area contributed by atoms with E-state index in [-0.39, 0.29) is 23.3 Å². The Hall–Kier alpha value is -3.22. The predicted octanol–water partition coefficient (Wildman–Crippen LogP) is 1.38. The first kappa shape index (κ1) is 18.6. The van der Waals surface area contributed by atoms with E-state index >= 15 is 0 Å². The van der Waals surface area contributed by atoms with Crippen molar-refractivity contribution in [2.45, 2.75) is 25.8 Å². The molecule has 7 nitrogen and oxygen atoms in total. The second-order valence-corrected chi connectivity index (χ2v) is 6.67. The average molecular weight is 366 g/mol. The van der Waals surface area contributed by atoms with Crippen LogP contribution in [-0.2, 0) is 20.5 Å². The Labute approximate surface area is 156 Å². The van der Waals surface area contributed by atoms with Crippen LogP contribution in [0, 0.1) is 0 Å². The first-order valence-electron chi connectivity index (χ1n) is 8.80. The van der Waals surface area contributed by atoms with Crippen LogP contribution in [0.25, 0.3) is 11.0 Å². The fourth-order valence-corrected chi connectivity index (χ4v) is 2.98. The summed E-state index contributed by atoms with van der Waals surface area (Å²) in [5.74, 6) is -0.328. The van der Waals surface area contributed by atoms with Crippen molar-refractivity contribution in [1.82, 2.24) is 19.4 Å². The smallest absolute Gasteiger partial charge is 0.332 e. The first-order chi connectivity index (χ1) is 12.9. The van der Waals surface area contributed by atoms with Gasteiger partial charge in [-0.15, -0.1) is 0 Å². The van der Waals surface area contributed by atoms with E-state index in [1.807, 2.05) is 25.1 Å². The number of aryl methyl sites for hydroxylation is 2. The summed E-state index contributed by atoms with van der Waals surface area (Å²) in [4.78, 5) is 41.0. The van der Waals surface area contributed by atoms with Gasteiger partial charge in [-0.2, -0.15) is 0 Å². The van der Waals surface area contributed by atoms with E-state index in [2.05, 4.69) is 22.4 Å². The summed E-state index contributed by atoms with van der Waals surface area (Å²) in [5.41, 5.74) is 0.691. The number of nitrogens with zero attached hydrogens (tertiary/aromatic N) is 3. The third-order valence-corrected chi connectivity index (χ3v) is 4.62. The van der Waals surface area contributed by atoms with Gasteiger partial charge in [-0.05, 0) is 37.5 Å². The zero-order chi connectivity index (χ0) is 19.6. The number of fused-ring (bicyclic) bond motifs is 1. The molecule has 1 amide bonds. The Balaban J connectivity index is 1.77. The number of pyridine rings is 1. The van der Waals surface area contributed by atoms with Crippen molar-refractivity contribution in [3.63, 3.8) is 0 Å². The molecule has 0 saturated carbocycles. The van der Waals surface area contributed by atoms with Gasteiger partial charge >= 0.3 is 5.69 Å². The summed E-state index contributed by atoms with van der Waals surface area (Å²) in [6, 6.07) is 13.1. The van der Waals surface area contributed by atoms with E-state index in [1.54, 1.807) is 0 Å². The van der Waals surface area contributed by atoms with Crippen LogP contribution in [-0.4, -0.2) is 26.1 Å². The Kier molecular flexibility index (Phi) is 5.21. The summed E-state index contributed by atoms with van der Waals surface area (Å²) in [7, 11) is 2.94. The first-order valence-corrected chi connectivity index (χ1v) is 8.80. The highest BCUT2D eigenvalue weighted by molar-refractivity contribution is 5.94. The lowest BCUT2D eigenvalue weighted by atomic mass is 10.1. The van der Waals surface area contributed by atoms with E-state index in [4.69, 9.17) is 0 Å². The largest absolute Gasteiger partial charge is 0.348 e. The van der Waals surface area contributed by atoms with E-state index < -0.39 is 11.2 Å². The fraction of sp³-hybridized carbons (Fsp3) is 0.300. The molecule has 27 heavy (non-hydrogen) atoms. The van der Waals surface area contributed by atoms with E-state index in [0.717, 1.165) is 17.4 Å². The van der Waals surface area contributed by atoms with Crippen LogP contribution < -0.4 is 16.6 Å². The van der Waals surface area contributed by atoms with Gasteiger partial charge < -0.3 is 5.32 Å². The van der Waals surface area contributed by atoms with Gasteiger partial charge in [0.05, 0.1) is 5.39 Å². The molecule has 3 aromatic rings. The standard InChI is InChI=1S/C20H22N4O3/c1-13(9-10-14-7-5-4-6-8-14)21-18(25)16-12-11-15-17(22-16)23(2)20(27)24(3)19(15)26/h4-8,11-13H,9-10H2,1-3H3,(H,21,25)/t13-/m0/s1. The number of amides is 1. The number of carbonyl (C=O) groups excluding carboxylic acids is 1. The van der Waals surface area contributed by atoms with Crippen LogP contribution in [0.5, 0.6) is 0 Å². The van der Waals surface area contributed by atoms with Crippen LogP contribution in [0.15, 0.2) is 52.1 Å². The maximum absolute atomic E-state index is 12.5. The molecule has 0 aliphatic carbocycles. The van der Waals surface area contributed by atoms with E-state index in [0.29, 0.717) is 5.39 Å². The molecule has 0 saturated heterocycles. The number of benzene rings is 1. The highest BCUT2D eigenvalue weighted by atomic mass is 16.2. The number of rotatable bonds is 5. The van der Waals surface area contributed by atoms with Crippen LogP contribution in [0.2, 0.25) is 0 Å². The van der Waals surface area contributed by atoms with Crippen molar-refractivity contribution < 1.29 is 4.79 Å². The Morgan fingerprint density at radius 1 is 1.07 bits per heavy atom. The van der Waals surface area contributed by atoms with Crippen LogP contribution in [0.4, 0.5) is 0 Å². The lowest BCUT2D eigenvalue weighted by Gasteiger charge is -2.14. The molecule has 1 N–H and O–H groups in total.